The number of ether oxygens (including phenoxy) is 14. The van der Waals surface area contributed by atoms with Gasteiger partial charge in [0.1, 0.15) is 55.8 Å². The summed E-state index contributed by atoms with van der Waals surface area (Å²) in [6.07, 6.45) is -11.0. The molecule has 14 atom stereocenters. The van der Waals surface area contributed by atoms with Crippen molar-refractivity contribution in [3.8, 4) is 0 Å². The molecule has 0 spiro atoms. The SMILES string of the molecule is CO[C@@H]1O[C@H](CO[C@@H]2O[C@H](CSC(C)=O)[C@H]3O[C@](C)(OC)[C@@](C)(OC)O[C@@H]3[C@H]2NC(=O)OCC(Cl)(Cl)Cl)[C@H]2O[C@](C)(OC)[C@@](C)(OC)O[C@@H]2[C@H]1NC(=O)OCC(Cl)(Cl)Cl. The maximum absolute atomic E-state index is 13.3. The monoisotopic (exact) mass is 988 g/mol. The molecule has 4 heterocycles. The Morgan fingerprint density at radius 1 is 0.610 bits per heavy atom. The van der Waals surface area contributed by atoms with Crippen LogP contribution in [0.5, 0.6) is 0 Å². The highest BCUT2D eigenvalue weighted by Gasteiger charge is 2.65. The van der Waals surface area contributed by atoms with Gasteiger partial charge in [-0.05, 0) is 27.7 Å². The molecule has 26 heteroatoms. The maximum Gasteiger partial charge on any atom is 0.407 e. The van der Waals surface area contributed by atoms with Crippen molar-refractivity contribution >= 4 is 98.7 Å². The highest BCUT2D eigenvalue weighted by molar-refractivity contribution is 8.13. The van der Waals surface area contributed by atoms with Crippen molar-refractivity contribution in [1.82, 2.24) is 10.6 Å². The van der Waals surface area contributed by atoms with Crippen molar-refractivity contribution in [3.63, 3.8) is 0 Å². The van der Waals surface area contributed by atoms with E-state index in [1.165, 1.54) is 42.5 Å². The average molecular weight is 992 g/mol. The van der Waals surface area contributed by atoms with Crippen LogP contribution < -0.4 is 10.6 Å². The number of methoxy groups -OCH3 is 5. The van der Waals surface area contributed by atoms with E-state index in [0.29, 0.717) is 0 Å². The second-order valence-electron chi connectivity index (χ2n) is 14.1. The minimum Gasteiger partial charge on any atom is -0.445 e. The second-order valence-corrected chi connectivity index (χ2v) is 20.3. The van der Waals surface area contributed by atoms with Crippen molar-refractivity contribution in [3.05, 3.63) is 0 Å². The molecule has 59 heavy (non-hydrogen) atoms. The van der Waals surface area contributed by atoms with Crippen LogP contribution in [-0.4, -0.2) is 170 Å². The Bertz CT molecular complexity index is 1470. The summed E-state index contributed by atoms with van der Waals surface area (Å²) < 4.78 is 80.5. The molecule has 0 unspecified atom stereocenters. The molecule has 4 aliphatic rings. The summed E-state index contributed by atoms with van der Waals surface area (Å²) in [5.41, 5.74) is 0. The third kappa shape index (κ3) is 12.1. The zero-order chi connectivity index (χ0) is 44.4. The first-order valence-corrected chi connectivity index (χ1v) is 21.1. The van der Waals surface area contributed by atoms with Crippen LogP contribution in [-0.2, 0) is 71.1 Å². The van der Waals surface area contributed by atoms with Crippen LogP contribution in [0.15, 0.2) is 0 Å². The molecule has 342 valence electrons. The van der Waals surface area contributed by atoms with E-state index in [4.69, 9.17) is 136 Å². The number of nitrogens with one attached hydrogen (secondary N) is 2. The van der Waals surface area contributed by atoms with E-state index in [1.807, 2.05) is 0 Å². The zero-order valence-electron chi connectivity index (χ0n) is 33.7. The summed E-state index contributed by atoms with van der Waals surface area (Å²) >= 11 is 35.9. The van der Waals surface area contributed by atoms with Gasteiger partial charge in [0.2, 0.25) is 30.7 Å². The van der Waals surface area contributed by atoms with Gasteiger partial charge in [0.15, 0.2) is 17.7 Å². The lowest BCUT2D eigenvalue weighted by Gasteiger charge is -2.58. The van der Waals surface area contributed by atoms with Crippen LogP contribution in [0.3, 0.4) is 0 Å². The van der Waals surface area contributed by atoms with Gasteiger partial charge in [-0.15, -0.1) is 0 Å². The molecule has 0 aliphatic carbocycles. The number of halogens is 6. The van der Waals surface area contributed by atoms with Gasteiger partial charge in [0, 0.05) is 48.2 Å². The first kappa shape index (κ1) is 51.5. The molecule has 0 saturated carbocycles. The highest BCUT2D eigenvalue weighted by atomic mass is 35.6. The van der Waals surface area contributed by atoms with E-state index in [-0.39, 0.29) is 17.5 Å². The normalized spacial score (nSPS) is 40.0. The Morgan fingerprint density at radius 2 is 0.983 bits per heavy atom. The molecule has 0 radical (unpaired) electrons. The minimum atomic E-state index is -1.94. The van der Waals surface area contributed by atoms with E-state index in [1.54, 1.807) is 27.7 Å². The number of fused-ring (bicyclic) bond motifs is 2. The molecule has 19 nitrogen and oxygen atoms in total. The number of carbonyl (C=O) groups is 3. The molecule has 4 saturated heterocycles. The Morgan fingerprint density at radius 3 is 1.36 bits per heavy atom. The Kier molecular flexibility index (Phi) is 17.7. The predicted octanol–water partition coefficient (Wildman–Crippen LogP) is 4.33. The Labute approximate surface area is 376 Å². The van der Waals surface area contributed by atoms with E-state index < -0.39 is 117 Å². The molecular formula is C33H50Cl6N2O17S. The molecule has 4 rings (SSSR count). The predicted molar refractivity (Wildman–Crippen MR) is 212 cm³/mol. The van der Waals surface area contributed by atoms with Crippen LogP contribution >= 0.6 is 81.4 Å². The number of alkyl carbamates (subject to hydrolysis) is 2. The molecule has 0 bridgehead atoms. The number of hydrogen-bond donors (Lipinski definition) is 2. The molecule has 0 aromatic carbocycles. The molecule has 2 N–H and O–H groups in total. The molecular weight excluding hydrogens is 941 g/mol. The fraction of sp³-hybridized carbons (Fsp3) is 0.909. The largest absolute Gasteiger partial charge is 0.445 e. The minimum absolute atomic E-state index is 0.0600. The van der Waals surface area contributed by atoms with Crippen LogP contribution in [0.4, 0.5) is 9.59 Å². The standard InChI is InChI=1S/C33H50Cl6N2O17S/c1-15(42)59-12-17-21-23(58-31(5,49-10)29(3,47-8)56-21)19(41-27(44)52-14-33(37,38)39)25(54-17)50-11-16-20-22(57-30(4,48-9)28(2,46-7)55-20)18(24(45-6)53-16)40-26(43)51-13-32(34,35)36/h16-25H,11-14H2,1-10H3,(H,40,43)(H,41,44)/t16-,17-,18-,19-,20-,21-,22-,23-,24-,25-,28+,29+,30+,31+/m1/s1. The number of alkyl halides is 6. The van der Waals surface area contributed by atoms with E-state index >= 15 is 0 Å². The number of thioether (sulfide) groups is 1. The maximum atomic E-state index is 13.3. The Balaban J connectivity index is 1.72. The zero-order valence-corrected chi connectivity index (χ0v) is 39.1. The summed E-state index contributed by atoms with van der Waals surface area (Å²) in [6, 6.07) is -2.38. The van der Waals surface area contributed by atoms with Gasteiger partial charge in [-0.3, -0.25) is 4.79 Å². The summed E-state index contributed by atoms with van der Waals surface area (Å²) in [7, 11) is 6.88. The number of carbonyl (C=O) groups excluding carboxylic acids is 3. The van der Waals surface area contributed by atoms with Gasteiger partial charge >= 0.3 is 12.2 Å². The number of hydrogen-bond acceptors (Lipinski definition) is 18. The molecule has 4 fully saturated rings. The summed E-state index contributed by atoms with van der Waals surface area (Å²) in [6.45, 7) is 6.15. The first-order chi connectivity index (χ1) is 27.3. The van der Waals surface area contributed by atoms with Crippen molar-refractivity contribution in [2.75, 3.05) is 61.1 Å². The number of amides is 2. The lowest BCUT2D eigenvalue weighted by Crippen LogP contribution is -2.76. The molecule has 4 aliphatic heterocycles. The third-order valence-corrected chi connectivity index (χ3v) is 11.9. The Hall–Kier alpha value is -0.180. The van der Waals surface area contributed by atoms with Crippen LogP contribution in [0.2, 0.25) is 0 Å². The average Bonchev–Trinajstić information content (AvgIpc) is 3.16. The fourth-order valence-electron chi connectivity index (χ4n) is 6.73. The quantitative estimate of drug-likeness (QED) is 0.233. The third-order valence-electron chi connectivity index (χ3n) is 10.4. The lowest BCUT2D eigenvalue weighted by atomic mass is 9.92. The summed E-state index contributed by atoms with van der Waals surface area (Å²) in [5, 5.41) is 5.10. The van der Waals surface area contributed by atoms with Crippen LogP contribution in [0.1, 0.15) is 34.6 Å². The smallest absolute Gasteiger partial charge is 0.407 e. The number of rotatable bonds is 14. The van der Waals surface area contributed by atoms with Crippen molar-refractivity contribution in [2.24, 2.45) is 0 Å². The molecule has 2 amide bonds. The first-order valence-electron chi connectivity index (χ1n) is 17.8. The second kappa shape index (κ2) is 20.3. The summed E-state index contributed by atoms with van der Waals surface area (Å²) in [5.74, 6) is -6.18. The van der Waals surface area contributed by atoms with Crippen molar-refractivity contribution < 1.29 is 80.7 Å². The van der Waals surface area contributed by atoms with Gasteiger partial charge in [0.05, 0.1) is 12.7 Å². The van der Waals surface area contributed by atoms with Crippen molar-refractivity contribution in [1.29, 1.82) is 0 Å². The van der Waals surface area contributed by atoms with Crippen LogP contribution in [0, 0.1) is 0 Å². The van der Waals surface area contributed by atoms with E-state index in [9.17, 15) is 14.4 Å². The molecule has 0 aromatic rings. The van der Waals surface area contributed by atoms with E-state index in [2.05, 4.69) is 10.6 Å². The fourth-order valence-corrected chi connectivity index (χ4v) is 7.73. The lowest BCUT2D eigenvalue weighted by molar-refractivity contribution is -0.476. The highest BCUT2D eigenvalue weighted by Crippen LogP contribution is 2.46. The van der Waals surface area contributed by atoms with Crippen molar-refractivity contribution in [2.45, 2.75) is 127 Å². The van der Waals surface area contributed by atoms with Gasteiger partial charge in [-0.2, -0.15) is 0 Å². The van der Waals surface area contributed by atoms with E-state index in [0.717, 1.165) is 11.8 Å². The molecule has 0 aromatic heterocycles. The topological polar surface area (TPSA) is 204 Å². The van der Waals surface area contributed by atoms with Gasteiger partial charge < -0.3 is 76.9 Å². The summed E-state index contributed by atoms with van der Waals surface area (Å²) in [4.78, 5) is 38.5. The van der Waals surface area contributed by atoms with Gasteiger partial charge in [-0.25, -0.2) is 9.59 Å². The van der Waals surface area contributed by atoms with Gasteiger partial charge in [-0.1, -0.05) is 81.4 Å². The van der Waals surface area contributed by atoms with Gasteiger partial charge in [0.25, 0.3) is 0 Å². The van der Waals surface area contributed by atoms with Crippen LogP contribution in [0.25, 0.3) is 0 Å².